The minimum atomic E-state index is -0.297. The van der Waals surface area contributed by atoms with Gasteiger partial charge in [-0.2, -0.15) is 0 Å². The van der Waals surface area contributed by atoms with Crippen molar-refractivity contribution in [3.63, 3.8) is 0 Å². The molecule has 0 atom stereocenters. The summed E-state index contributed by atoms with van der Waals surface area (Å²) in [5.41, 5.74) is 3.80. The normalized spacial score (nSPS) is 10.6. The van der Waals surface area contributed by atoms with E-state index in [1.807, 2.05) is 41.8 Å². The summed E-state index contributed by atoms with van der Waals surface area (Å²) in [5, 5.41) is 6.57. The number of nitrogens with one attached hydrogen (secondary N) is 1. The highest BCUT2D eigenvalue weighted by atomic mass is 35.5. The number of halogens is 2. The van der Waals surface area contributed by atoms with Crippen molar-refractivity contribution in [2.24, 2.45) is 0 Å². The molecule has 0 fully saturated rings. The quantitative estimate of drug-likeness (QED) is 0.409. The predicted molar refractivity (Wildman–Crippen MR) is 115 cm³/mol. The van der Waals surface area contributed by atoms with Gasteiger partial charge in [-0.25, -0.2) is 4.98 Å². The number of amides is 1. The molecule has 0 aliphatic heterocycles. The van der Waals surface area contributed by atoms with Crippen molar-refractivity contribution in [3.8, 4) is 21.8 Å². The molecule has 0 unspecified atom stereocenters. The Bertz CT molecular complexity index is 1150. The van der Waals surface area contributed by atoms with Crippen LogP contribution in [0.3, 0.4) is 0 Å². The number of anilines is 1. The van der Waals surface area contributed by atoms with Gasteiger partial charge >= 0.3 is 0 Å². The van der Waals surface area contributed by atoms with Crippen LogP contribution in [0.25, 0.3) is 21.8 Å². The van der Waals surface area contributed by atoms with Crippen LogP contribution >= 0.6 is 34.5 Å². The van der Waals surface area contributed by atoms with E-state index in [2.05, 4.69) is 10.3 Å². The summed E-state index contributed by atoms with van der Waals surface area (Å²) in [4.78, 5) is 21.3. The number of hydrogen-bond acceptors (Lipinski definition) is 4. The summed E-state index contributed by atoms with van der Waals surface area (Å²) in [5.74, 6) is -0.297. The summed E-state index contributed by atoms with van der Waals surface area (Å²) in [7, 11) is 0. The highest BCUT2D eigenvalue weighted by molar-refractivity contribution is 7.13. The Balaban J connectivity index is 1.57. The highest BCUT2D eigenvalue weighted by Crippen LogP contribution is 2.30. The molecule has 0 aliphatic carbocycles. The molecule has 1 N–H and O–H groups in total. The Kier molecular flexibility index (Phi) is 5.39. The molecule has 2 aromatic carbocycles. The lowest BCUT2D eigenvalue weighted by molar-refractivity contribution is 0.102. The molecule has 0 saturated heterocycles. The third-order valence-corrected chi connectivity index (χ3v) is 5.46. The SMILES string of the molecule is O=C(Nc1cccc(-c2csc(-c3ccncc3)n2)c1)c1ccc(Cl)cc1Cl. The van der Waals surface area contributed by atoms with Crippen molar-refractivity contribution >= 4 is 46.1 Å². The number of carbonyl (C=O) groups excluding carboxylic acids is 1. The zero-order valence-corrected chi connectivity index (χ0v) is 16.7. The molecule has 4 rings (SSSR count). The lowest BCUT2D eigenvalue weighted by Crippen LogP contribution is -2.12. The first-order chi connectivity index (χ1) is 13.6. The summed E-state index contributed by atoms with van der Waals surface area (Å²) in [6.45, 7) is 0. The van der Waals surface area contributed by atoms with E-state index in [0.717, 1.165) is 21.8 Å². The molecule has 28 heavy (non-hydrogen) atoms. The third-order valence-electron chi connectivity index (χ3n) is 4.02. The minimum absolute atomic E-state index is 0.297. The van der Waals surface area contributed by atoms with E-state index in [4.69, 9.17) is 28.2 Å². The zero-order chi connectivity index (χ0) is 19.5. The second-order valence-corrected chi connectivity index (χ2v) is 7.63. The Morgan fingerprint density at radius 1 is 0.964 bits per heavy atom. The first-order valence-electron chi connectivity index (χ1n) is 8.33. The van der Waals surface area contributed by atoms with E-state index in [9.17, 15) is 4.79 Å². The molecular weight excluding hydrogens is 413 g/mol. The lowest BCUT2D eigenvalue weighted by Gasteiger charge is -2.08. The van der Waals surface area contributed by atoms with Crippen LogP contribution in [-0.4, -0.2) is 15.9 Å². The van der Waals surface area contributed by atoms with Crippen LogP contribution < -0.4 is 5.32 Å². The molecule has 2 aromatic heterocycles. The number of aromatic nitrogens is 2. The second kappa shape index (κ2) is 8.10. The van der Waals surface area contributed by atoms with Gasteiger partial charge in [-0.05, 0) is 42.5 Å². The smallest absolute Gasteiger partial charge is 0.257 e. The standard InChI is InChI=1S/C21H13Cl2N3OS/c22-15-4-5-17(18(23)11-15)20(27)25-16-3-1-2-14(10-16)19-12-28-21(26-19)13-6-8-24-9-7-13/h1-12H,(H,25,27). The van der Waals surface area contributed by atoms with Crippen molar-refractivity contribution in [2.45, 2.75) is 0 Å². The maximum Gasteiger partial charge on any atom is 0.257 e. The fourth-order valence-corrected chi connectivity index (χ4v) is 3.99. The van der Waals surface area contributed by atoms with Gasteiger partial charge in [0.2, 0.25) is 0 Å². The monoisotopic (exact) mass is 425 g/mol. The molecule has 2 heterocycles. The van der Waals surface area contributed by atoms with Gasteiger partial charge in [-0.15, -0.1) is 11.3 Å². The molecule has 4 nitrogen and oxygen atoms in total. The van der Waals surface area contributed by atoms with Gasteiger partial charge in [-0.3, -0.25) is 9.78 Å². The molecule has 0 saturated carbocycles. The molecule has 1 amide bonds. The van der Waals surface area contributed by atoms with E-state index >= 15 is 0 Å². The number of rotatable bonds is 4. The Hall–Kier alpha value is -2.73. The predicted octanol–water partition coefficient (Wildman–Crippen LogP) is 6.43. The van der Waals surface area contributed by atoms with E-state index < -0.39 is 0 Å². The zero-order valence-electron chi connectivity index (χ0n) is 14.4. The van der Waals surface area contributed by atoms with Crippen molar-refractivity contribution in [3.05, 3.63) is 88.0 Å². The number of pyridine rings is 1. The van der Waals surface area contributed by atoms with Crippen molar-refractivity contribution in [2.75, 3.05) is 5.32 Å². The van der Waals surface area contributed by atoms with Gasteiger partial charge in [-0.1, -0.05) is 35.3 Å². The minimum Gasteiger partial charge on any atom is -0.322 e. The summed E-state index contributed by atoms with van der Waals surface area (Å²) >= 11 is 13.6. The van der Waals surface area contributed by atoms with Crippen LogP contribution in [0.4, 0.5) is 5.69 Å². The maximum absolute atomic E-state index is 12.5. The first-order valence-corrected chi connectivity index (χ1v) is 9.96. The van der Waals surface area contributed by atoms with Crippen LogP contribution in [0.2, 0.25) is 10.0 Å². The summed E-state index contributed by atoms with van der Waals surface area (Å²) < 4.78 is 0. The van der Waals surface area contributed by atoms with Crippen molar-refractivity contribution in [1.29, 1.82) is 0 Å². The van der Waals surface area contributed by atoms with Crippen LogP contribution in [0.15, 0.2) is 72.4 Å². The fraction of sp³-hybridized carbons (Fsp3) is 0. The van der Waals surface area contributed by atoms with Gasteiger partial charge in [0, 0.05) is 39.6 Å². The van der Waals surface area contributed by atoms with Crippen LogP contribution in [0.1, 0.15) is 10.4 Å². The van der Waals surface area contributed by atoms with E-state index in [1.165, 1.54) is 0 Å². The number of thiazole rings is 1. The third kappa shape index (κ3) is 4.07. The summed E-state index contributed by atoms with van der Waals surface area (Å²) in [6, 6.07) is 16.2. The average molecular weight is 426 g/mol. The Morgan fingerprint density at radius 2 is 1.79 bits per heavy atom. The van der Waals surface area contributed by atoms with E-state index in [1.54, 1.807) is 41.9 Å². The molecule has 0 aliphatic rings. The lowest BCUT2D eigenvalue weighted by atomic mass is 10.1. The Morgan fingerprint density at radius 3 is 2.57 bits per heavy atom. The van der Waals surface area contributed by atoms with Gasteiger partial charge in [0.05, 0.1) is 16.3 Å². The van der Waals surface area contributed by atoms with E-state index in [0.29, 0.717) is 21.3 Å². The molecule has 138 valence electrons. The number of carbonyl (C=O) groups is 1. The molecule has 0 bridgehead atoms. The van der Waals surface area contributed by atoms with Gasteiger partial charge in [0.25, 0.3) is 5.91 Å². The number of nitrogens with zero attached hydrogens (tertiary/aromatic N) is 2. The second-order valence-electron chi connectivity index (χ2n) is 5.93. The van der Waals surface area contributed by atoms with Gasteiger partial charge in [0.15, 0.2) is 0 Å². The van der Waals surface area contributed by atoms with Crippen LogP contribution in [-0.2, 0) is 0 Å². The number of hydrogen-bond donors (Lipinski definition) is 1. The maximum atomic E-state index is 12.5. The molecular formula is C21H13Cl2N3OS. The fourth-order valence-electron chi connectivity index (χ4n) is 2.66. The largest absolute Gasteiger partial charge is 0.322 e. The van der Waals surface area contributed by atoms with Crippen molar-refractivity contribution in [1.82, 2.24) is 9.97 Å². The molecule has 0 radical (unpaired) electrons. The number of benzene rings is 2. The molecule has 7 heteroatoms. The molecule has 4 aromatic rings. The van der Waals surface area contributed by atoms with Gasteiger partial charge in [0.1, 0.15) is 5.01 Å². The summed E-state index contributed by atoms with van der Waals surface area (Å²) in [6.07, 6.45) is 3.49. The topological polar surface area (TPSA) is 54.9 Å². The van der Waals surface area contributed by atoms with Crippen molar-refractivity contribution < 1.29 is 4.79 Å². The van der Waals surface area contributed by atoms with Gasteiger partial charge < -0.3 is 5.32 Å². The van der Waals surface area contributed by atoms with E-state index in [-0.39, 0.29) is 5.91 Å². The molecule has 0 spiro atoms. The van der Waals surface area contributed by atoms with Crippen LogP contribution in [0, 0.1) is 0 Å². The highest BCUT2D eigenvalue weighted by Gasteiger charge is 2.12. The average Bonchev–Trinajstić information content (AvgIpc) is 3.19. The Labute approximate surface area is 175 Å². The first kappa shape index (κ1) is 18.6. The van der Waals surface area contributed by atoms with Crippen LogP contribution in [0.5, 0.6) is 0 Å².